The molecule has 1 aromatic carbocycles. The Morgan fingerprint density at radius 1 is 1.17 bits per heavy atom. The number of halogens is 2. The van der Waals surface area contributed by atoms with E-state index in [0.717, 1.165) is 5.56 Å². The number of rotatable bonds is 7. The topological polar surface area (TPSA) is 76.1 Å². The van der Waals surface area contributed by atoms with E-state index in [0.29, 0.717) is 29.9 Å². The molecule has 0 amide bonds. The zero-order valence-corrected chi connectivity index (χ0v) is 14.0. The van der Waals surface area contributed by atoms with Crippen LogP contribution in [0.2, 0.25) is 10.2 Å². The molecule has 8 heteroatoms. The van der Waals surface area contributed by atoms with Crippen molar-refractivity contribution in [2.45, 2.75) is 13.5 Å². The predicted octanol–water partition coefficient (Wildman–Crippen LogP) is 3.37. The van der Waals surface area contributed by atoms with Gasteiger partial charge >= 0.3 is 5.97 Å². The smallest absolute Gasteiger partial charge is 0.325 e. The third-order valence-corrected chi connectivity index (χ3v) is 3.22. The molecule has 0 aliphatic carbocycles. The zero-order chi connectivity index (χ0) is 16.7. The molecule has 0 spiro atoms. The Hall–Kier alpha value is -2.05. The summed E-state index contributed by atoms with van der Waals surface area (Å²) in [7, 11) is 0. The van der Waals surface area contributed by atoms with Gasteiger partial charge in [0, 0.05) is 17.6 Å². The number of carbonyl (C=O) groups excluding carboxylic acids is 1. The van der Waals surface area contributed by atoms with Crippen LogP contribution in [0, 0.1) is 0 Å². The van der Waals surface area contributed by atoms with Crippen LogP contribution in [0.4, 0.5) is 11.8 Å². The lowest BCUT2D eigenvalue weighted by Crippen LogP contribution is -2.17. The lowest BCUT2D eigenvalue weighted by Gasteiger charge is -2.09. The summed E-state index contributed by atoms with van der Waals surface area (Å²) in [6.07, 6.45) is 0. The minimum atomic E-state index is -0.363. The van der Waals surface area contributed by atoms with Crippen LogP contribution >= 0.6 is 23.2 Å². The maximum absolute atomic E-state index is 11.3. The van der Waals surface area contributed by atoms with E-state index in [2.05, 4.69) is 20.6 Å². The molecule has 2 aromatic rings. The maximum Gasteiger partial charge on any atom is 0.325 e. The fraction of sp³-hybridized carbons (Fsp3) is 0.267. The highest BCUT2D eigenvalue weighted by atomic mass is 35.5. The van der Waals surface area contributed by atoms with Crippen molar-refractivity contribution < 1.29 is 9.53 Å². The Kier molecular flexibility index (Phi) is 6.43. The van der Waals surface area contributed by atoms with Crippen LogP contribution in [0.1, 0.15) is 12.5 Å². The quantitative estimate of drug-likeness (QED) is 0.586. The van der Waals surface area contributed by atoms with E-state index in [1.807, 2.05) is 24.3 Å². The molecule has 0 fully saturated rings. The van der Waals surface area contributed by atoms with Gasteiger partial charge in [-0.2, -0.15) is 4.98 Å². The van der Waals surface area contributed by atoms with Crippen molar-refractivity contribution in [3.63, 3.8) is 0 Å². The summed E-state index contributed by atoms with van der Waals surface area (Å²) in [6, 6.07) is 8.96. The standard InChI is InChI=1S/C15H16Cl2N4O2/c1-2-23-14(22)9-18-13-7-12(17)20-15(21-13)19-8-10-3-5-11(16)6-4-10/h3-7H,2,8-9H2,1H3,(H2,18,19,20,21). The largest absolute Gasteiger partial charge is 0.465 e. The van der Waals surface area contributed by atoms with Gasteiger partial charge in [0.25, 0.3) is 0 Å². The highest BCUT2D eigenvalue weighted by Crippen LogP contribution is 2.15. The Labute approximate surface area is 144 Å². The molecule has 0 bridgehead atoms. The number of hydrogen-bond acceptors (Lipinski definition) is 6. The molecule has 0 unspecified atom stereocenters. The van der Waals surface area contributed by atoms with Crippen molar-refractivity contribution in [2.75, 3.05) is 23.8 Å². The summed E-state index contributed by atoms with van der Waals surface area (Å²) in [6.45, 7) is 2.61. The first kappa shape index (κ1) is 17.3. The van der Waals surface area contributed by atoms with Gasteiger partial charge in [-0.05, 0) is 24.6 Å². The zero-order valence-electron chi connectivity index (χ0n) is 12.5. The minimum absolute atomic E-state index is 0.0117. The second kappa shape index (κ2) is 8.55. The molecule has 6 nitrogen and oxygen atoms in total. The summed E-state index contributed by atoms with van der Waals surface area (Å²) >= 11 is 11.8. The molecule has 0 radical (unpaired) electrons. The van der Waals surface area contributed by atoms with E-state index < -0.39 is 0 Å². The van der Waals surface area contributed by atoms with Crippen LogP contribution in [0.25, 0.3) is 0 Å². The summed E-state index contributed by atoms with van der Waals surface area (Å²) in [5.74, 6) is 0.438. The van der Waals surface area contributed by atoms with Crippen molar-refractivity contribution in [2.24, 2.45) is 0 Å². The number of benzene rings is 1. The third kappa shape index (κ3) is 5.92. The molecule has 0 saturated heterocycles. The van der Waals surface area contributed by atoms with Gasteiger partial charge < -0.3 is 15.4 Å². The van der Waals surface area contributed by atoms with E-state index >= 15 is 0 Å². The Morgan fingerprint density at radius 3 is 2.61 bits per heavy atom. The second-order valence-corrected chi connectivity index (χ2v) is 5.36. The summed E-state index contributed by atoms with van der Waals surface area (Å²) in [4.78, 5) is 19.7. The van der Waals surface area contributed by atoms with E-state index in [1.54, 1.807) is 6.92 Å². The van der Waals surface area contributed by atoms with Gasteiger partial charge in [-0.1, -0.05) is 35.3 Å². The average molecular weight is 355 g/mol. The molecule has 0 saturated carbocycles. The molecule has 122 valence electrons. The maximum atomic E-state index is 11.3. The highest BCUT2D eigenvalue weighted by Gasteiger charge is 2.06. The lowest BCUT2D eigenvalue weighted by molar-refractivity contribution is -0.140. The first-order valence-electron chi connectivity index (χ1n) is 6.99. The van der Waals surface area contributed by atoms with Crippen molar-refractivity contribution in [3.8, 4) is 0 Å². The number of nitrogens with zero attached hydrogens (tertiary/aromatic N) is 2. The van der Waals surface area contributed by atoms with Gasteiger partial charge in [-0.15, -0.1) is 0 Å². The van der Waals surface area contributed by atoms with E-state index in [-0.39, 0.29) is 17.7 Å². The first-order valence-corrected chi connectivity index (χ1v) is 7.75. The molecule has 0 aliphatic rings. The molecule has 0 atom stereocenters. The summed E-state index contributed by atoms with van der Waals surface area (Å²) in [5.41, 5.74) is 1.03. The van der Waals surface area contributed by atoms with Crippen molar-refractivity contribution in [3.05, 3.63) is 46.1 Å². The summed E-state index contributed by atoms with van der Waals surface area (Å²) < 4.78 is 4.83. The first-order chi connectivity index (χ1) is 11.1. The van der Waals surface area contributed by atoms with Crippen LogP contribution in [-0.4, -0.2) is 29.1 Å². The number of ether oxygens (including phenoxy) is 1. The second-order valence-electron chi connectivity index (χ2n) is 4.54. The lowest BCUT2D eigenvalue weighted by atomic mass is 10.2. The van der Waals surface area contributed by atoms with Crippen LogP contribution in [0.3, 0.4) is 0 Å². The molecule has 1 heterocycles. The van der Waals surface area contributed by atoms with Gasteiger partial charge in [0.05, 0.1) is 6.61 Å². The van der Waals surface area contributed by atoms with Crippen molar-refractivity contribution in [1.82, 2.24) is 9.97 Å². The molecule has 23 heavy (non-hydrogen) atoms. The molecule has 1 aromatic heterocycles. The van der Waals surface area contributed by atoms with E-state index in [1.165, 1.54) is 6.07 Å². The van der Waals surface area contributed by atoms with Gasteiger partial charge in [-0.3, -0.25) is 4.79 Å². The van der Waals surface area contributed by atoms with E-state index in [9.17, 15) is 4.79 Å². The molecular formula is C15H16Cl2N4O2. The molecular weight excluding hydrogens is 339 g/mol. The Bertz CT molecular complexity index is 665. The van der Waals surface area contributed by atoms with Gasteiger partial charge in [-0.25, -0.2) is 4.98 Å². The number of hydrogen-bond donors (Lipinski definition) is 2. The number of anilines is 2. The Morgan fingerprint density at radius 2 is 1.91 bits per heavy atom. The van der Waals surface area contributed by atoms with Crippen molar-refractivity contribution in [1.29, 1.82) is 0 Å². The normalized spacial score (nSPS) is 10.2. The molecule has 2 N–H and O–H groups in total. The molecule has 2 rings (SSSR count). The van der Waals surface area contributed by atoms with Gasteiger partial charge in [0.15, 0.2) is 0 Å². The number of nitrogens with one attached hydrogen (secondary N) is 2. The molecule has 0 aliphatic heterocycles. The minimum Gasteiger partial charge on any atom is -0.465 e. The third-order valence-electron chi connectivity index (χ3n) is 2.78. The summed E-state index contributed by atoms with van der Waals surface area (Å²) in [5, 5.41) is 6.86. The fourth-order valence-electron chi connectivity index (χ4n) is 1.75. The van der Waals surface area contributed by atoms with Gasteiger partial charge in [0.1, 0.15) is 17.5 Å². The monoisotopic (exact) mass is 354 g/mol. The highest BCUT2D eigenvalue weighted by molar-refractivity contribution is 6.30. The fourth-order valence-corrected chi connectivity index (χ4v) is 2.05. The van der Waals surface area contributed by atoms with Crippen LogP contribution < -0.4 is 10.6 Å². The van der Waals surface area contributed by atoms with Crippen molar-refractivity contribution >= 4 is 40.9 Å². The number of esters is 1. The predicted molar refractivity (Wildman–Crippen MR) is 90.9 cm³/mol. The van der Waals surface area contributed by atoms with E-state index in [4.69, 9.17) is 27.9 Å². The number of aromatic nitrogens is 2. The van der Waals surface area contributed by atoms with Gasteiger partial charge in [0.2, 0.25) is 5.95 Å². The SMILES string of the molecule is CCOC(=O)CNc1cc(Cl)nc(NCc2ccc(Cl)cc2)n1. The van der Waals surface area contributed by atoms with Crippen LogP contribution in [0.15, 0.2) is 30.3 Å². The Balaban J connectivity index is 1.96. The average Bonchev–Trinajstić information content (AvgIpc) is 2.52. The van der Waals surface area contributed by atoms with Crippen LogP contribution in [0.5, 0.6) is 0 Å². The number of carbonyl (C=O) groups is 1. The van der Waals surface area contributed by atoms with Crippen LogP contribution in [-0.2, 0) is 16.1 Å².